The maximum Gasteiger partial charge on any atom is 0.159 e. The van der Waals surface area contributed by atoms with Crippen molar-refractivity contribution in [2.24, 2.45) is 23.7 Å². The molecule has 2 heterocycles. The third kappa shape index (κ3) is 18.1. The number of rotatable bonds is 32. The molecule has 368 valence electrons. The van der Waals surface area contributed by atoms with E-state index in [-0.39, 0.29) is 12.2 Å². The molecular formula is C62H94N4O. The lowest BCUT2D eigenvalue weighted by Gasteiger charge is -2.40. The van der Waals surface area contributed by atoms with E-state index >= 15 is 0 Å². The highest BCUT2D eigenvalue weighted by atomic mass is 16.5. The van der Waals surface area contributed by atoms with Gasteiger partial charge in [0.2, 0.25) is 0 Å². The van der Waals surface area contributed by atoms with Crippen molar-refractivity contribution in [2.45, 2.75) is 245 Å². The van der Waals surface area contributed by atoms with Gasteiger partial charge in [0.05, 0.1) is 12.2 Å². The summed E-state index contributed by atoms with van der Waals surface area (Å²) in [6, 6.07) is 18.5. The summed E-state index contributed by atoms with van der Waals surface area (Å²) >= 11 is 0. The van der Waals surface area contributed by atoms with Gasteiger partial charge in [0.15, 0.2) is 11.6 Å². The molecule has 2 fully saturated rings. The zero-order valence-corrected chi connectivity index (χ0v) is 43.2. The monoisotopic (exact) mass is 911 g/mol. The highest BCUT2D eigenvalue weighted by Gasteiger charge is 2.36. The van der Waals surface area contributed by atoms with Gasteiger partial charge in [-0.15, -0.1) is 0 Å². The van der Waals surface area contributed by atoms with E-state index in [0.29, 0.717) is 11.8 Å². The van der Waals surface area contributed by atoms with Gasteiger partial charge in [-0.2, -0.15) is 0 Å². The highest BCUT2D eigenvalue weighted by Crippen LogP contribution is 2.47. The molecule has 6 rings (SSSR count). The van der Waals surface area contributed by atoms with Crippen LogP contribution in [-0.4, -0.2) is 19.9 Å². The second-order valence-corrected chi connectivity index (χ2v) is 21.3. The van der Waals surface area contributed by atoms with Crippen LogP contribution >= 0.6 is 0 Å². The molecule has 2 aliphatic carbocycles. The van der Waals surface area contributed by atoms with Gasteiger partial charge in [0.25, 0.3) is 0 Å². The van der Waals surface area contributed by atoms with E-state index in [1.54, 1.807) is 0 Å². The number of benzene rings is 2. The Bertz CT molecular complexity index is 1700. The van der Waals surface area contributed by atoms with Gasteiger partial charge in [-0.25, -0.2) is 19.9 Å². The standard InChI is InChI=1S/C62H94N4O/c1-5-9-13-17-21-25-49-29-33-53(34-30-49)59(55-37-41-57(42-38-55)61-63-45-51(46-64-61)27-23-19-15-11-7-3)67-60(54-35-31-50(32-36-54)26-22-18-14-10-6-2)56-39-43-58(44-40-56)62-65-47-52(48-66-62)28-24-20-16-12-8-4/h37-50,53-54,59-60H,5-36H2,1-4H3. The SMILES string of the molecule is CCCCCCCc1cnc(-c2ccc(C(OC(c3ccc(-c4ncc(CCCCCCC)cn4)cc3)C3CCC(CCCCCCC)CC3)C3CCC(CCCCCCC)CC3)cc2)nc1. The van der Waals surface area contributed by atoms with Crippen LogP contribution in [0.2, 0.25) is 0 Å². The zero-order chi connectivity index (χ0) is 46.7. The van der Waals surface area contributed by atoms with Crippen LogP contribution in [0.5, 0.6) is 0 Å². The number of aryl methyl sites for hydroxylation is 2. The quantitative estimate of drug-likeness (QED) is 0.0457. The summed E-state index contributed by atoms with van der Waals surface area (Å²) in [6.07, 6.45) is 50.2. The van der Waals surface area contributed by atoms with Gasteiger partial charge in [-0.1, -0.05) is 230 Å². The van der Waals surface area contributed by atoms with E-state index in [1.807, 2.05) is 0 Å². The van der Waals surface area contributed by atoms with Gasteiger partial charge >= 0.3 is 0 Å². The topological polar surface area (TPSA) is 60.8 Å². The van der Waals surface area contributed by atoms with E-state index < -0.39 is 0 Å². The largest absolute Gasteiger partial charge is 0.365 e. The lowest BCUT2D eigenvalue weighted by molar-refractivity contribution is -0.0907. The molecular weight excluding hydrogens is 817 g/mol. The predicted octanol–water partition coefficient (Wildman–Crippen LogP) is 18.8. The summed E-state index contributed by atoms with van der Waals surface area (Å²) in [5.74, 6) is 4.38. The average Bonchev–Trinajstić information content (AvgIpc) is 3.37. The maximum absolute atomic E-state index is 7.81. The van der Waals surface area contributed by atoms with Gasteiger partial charge in [0.1, 0.15) is 0 Å². The molecule has 0 N–H and O–H groups in total. The highest BCUT2D eigenvalue weighted by molar-refractivity contribution is 5.56. The third-order valence-electron chi connectivity index (χ3n) is 15.9. The van der Waals surface area contributed by atoms with Crippen molar-refractivity contribution in [3.05, 3.63) is 95.6 Å². The fourth-order valence-electron chi connectivity index (χ4n) is 11.5. The van der Waals surface area contributed by atoms with Crippen LogP contribution in [0.3, 0.4) is 0 Å². The lowest BCUT2D eigenvalue weighted by atomic mass is 9.74. The van der Waals surface area contributed by atoms with Crippen LogP contribution in [0.4, 0.5) is 0 Å². The predicted molar refractivity (Wildman–Crippen MR) is 284 cm³/mol. The van der Waals surface area contributed by atoms with E-state index in [0.717, 1.165) is 47.5 Å². The van der Waals surface area contributed by atoms with Crippen LogP contribution in [-0.2, 0) is 17.6 Å². The van der Waals surface area contributed by atoms with Gasteiger partial charge in [0, 0.05) is 35.9 Å². The number of hydrogen-bond acceptors (Lipinski definition) is 5. The number of ether oxygens (including phenoxy) is 1. The second-order valence-electron chi connectivity index (χ2n) is 21.3. The van der Waals surface area contributed by atoms with Crippen molar-refractivity contribution in [3.8, 4) is 22.8 Å². The molecule has 0 spiro atoms. The summed E-state index contributed by atoms with van der Waals surface area (Å²) in [6.45, 7) is 9.20. The molecule has 2 atom stereocenters. The molecule has 0 saturated heterocycles. The smallest absolute Gasteiger partial charge is 0.159 e. The average molecular weight is 911 g/mol. The van der Waals surface area contributed by atoms with Gasteiger partial charge < -0.3 is 4.74 Å². The molecule has 0 aliphatic heterocycles. The third-order valence-corrected chi connectivity index (χ3v) is 15.9. The molecule has 4 aromatic rings. The minimum Gasteiger partial charge on any atom is -0.365 e. The summed E-state index contributed by atoms with van der Waals surface area (Å²) < 4.78 is 7.81. The Hall–Kier alpha value is -3.44. The second kappa shape index (κ2) is 30.9. The molecule has 67 heavy (non-hydrogen) atoms. The van der Waals surface area contributed by atoms with Crippen molar-refractivity contribution in [1.82, 2.24) is 19.9 Å². The van der Waals surface area contributed by atoms with Gasteiger partial charge in [-0.3, -0.25) is 0 Å². The van der Waals surface area contributed by atoms with Gasteiger partial charge in [-0.05, 0) is 97.3 Å². The molecule has 2 saturated carbocycles. The molecule has 0 bridgehead atoms. The summed E-state index contributed by atoms with van der Waals surface area (Å²) in [7, 11) is 0. The first-order valence-corrected chi connectivity index (χ1v) is 28.6. The molecule has 2 unspecified atom stereocenters. The number of aromatic nitrogens is 4. The van der Waals surface area contributed by atoms with Crippen molar-refractivity contribution in [2.75, 3.05) is 0 Å². The summed E-state index contributed by atoms with van der Waals surface area (Å²) in [4.78, 5) is 19.5. The minimum atomic E-state index is 0.0503. The first-order chi connectivity index (χ1) is 33.1. The Labute approximate surface area is 410 Å². The normalized spacial score (nSPS) is 19.6. The molecule has 2 aromatic carbocycles. The molecule has 0 radical (unpaired) electrons. The van der Waals surface area contributed by atoms with Crippen LogP contribution in [0.25, 0.3) is 22.8 Å². The molecule has 2 aromatic heterocycles. The molecule has 5 heteroatoms. The Balaban J connectivity index is 1.20. The minimum absolute atomic E-state index is 0.0503. The van der Waals surface area contributed by atoms with Crippen LogP contribution in [0.15, 0.2) is 73.3 Å². The lowest BCUT2D eigenvalue weighted by Crippen LogP contribution is -2.28. The summed E-state index contributed by atoms with van der Waals surface area (Å²) in [5.41, 5.74) is 7.30. The first-order valence-electron chi connectivity index (χ1n) is 28.6. The molecule has 2 aliphatic rings. The first kappa shape index (κ1) is 52.9. The van der Waals surface area contributed by atoms with Crippen molar-refractivity contribution in [3.63, 3.8) is 0 Å². The van der Waals surface area contributed by atoms with E-state index in [9.17, 15) is 0 Å². The van der Waals surface area contributed by atoms with E-state index in [1.165, 1.54) is 215 Å². The van der Waals surface area contributed by atoms with Crippen LogP contribution in [0.1, 0.15) is 255 Å². The zero-order valence-electron chi connectivity index (χ0n) is 43.2. The van der Waals surface area contributed by atoms with Crippen LogP contribution in [0, 0.1) is 23.7 Å². The fraction of sp³-hybridized carbons (Fsp3) is 0.677. The number of nitrogens with zero attached hydrogens (tertiary/aromatic N) is 4. The maximum atomic E-state index is 7.81. The number of unbranched alkanes of at least 4 members (excludes halogenated alkanes) is 16. The fourth-order valence-corrected chi connectivity index (χ4v) is 11.5. The Morgan fingerprint density at radius 3 is 1.03 bits per heavy atom. The van der Waals surface area contributed by atoms with E-state index in [2.05, 4.69) is 101 Å². The van der Waals surface area contributed by atoms with E-state index in [4.69, 9.17) is 24.7 Å². The van der Waals surface area contributed by atoms with Crippen LogP contribution < -0.4 is 0 Å². The van der Waals surface area contributed by atoms with Crippen molar-refractivity contribution in [1.29, 1.82) is 0 Å². The molecule has 5 nitrogen and oxygen atoms in total. The van der Waals surface area contributed by atoms with Crippen molar-refractivity contribution >= 4 is 0 Å². The number of hydrogen-bond donors (Lipinski definition) is 0. The Kier molecular flexibility index (Phi) is 24.4. The summed E-state index contributed by atoms with van der Waals surface area (Å²) in [5, 5.41) is 0. The Morgan fingerprint density at radius 2 is 0.701 bits per heavy atom. The molecule has 0 amide bonds. The van der Waals surface area contributed by atoms with Crippen molar-refractivity contribution < 1.29 is 4.74 Å². The Morgan fingerprint density at radius 1 is 0.388 bits per heavy atom.